The first-order valence-corrected chi connectivity index (χ1v) is 12.3. The molecular weight excluding hydrogens is 480 g/mol. The average molecular weight is 507 g/mol. The van der Waals surface area contributed by atoms with E-state index in [9.17, 15) is 18.0 Å². The molecule has 0 unspecified atom stereocenters. The summed E-state index contributed by atoms with van der Waals surface area (Å²) in [6, 6.07) is 4.48. The third-order valence-electron chi connectivity index (χ3n) is 5.76. The molecular formula is C23H27ClN4O5S. The van der Waals surface area contributed by atoms with Crippen LogP contribution in [-0.2, 0) is 14.8 Å². The molecule has 1 atom stereocenters. The Kier molecular flexibility index (Phi) is 8.05. The Morgan fingerprint density at radius 2 is 2.15 bits per heavy atom. The van der Waals surface area contributed by atoms with E-state index in [4.69, 9.17) is 11.2 Å². The third kappa shape index (κ3) is 4.83. The molecule has 0 amide bonds. The van der Waals surface area contributed by atoms with Crippen LogP contribution in [0.15, 0.2) is 34.1 Å². The van der Waals surface area contributed by atoms with Crippen LogP contribution in [0, 0.1) is 12.3 Å². The lowest BCUT2D eigenvalue weighted by molar-refractivity contribution is 0.0507. The van der Waals surface area contributed by atoms with Gasteiger partial charge in [0.2, 0.25) is 10.0 Å². The number of ether oxygens (including phenoxy) is 1. The number of nitrogens with one attached hydrogen (secondary N) is 3. The van der Waals surface area contributed by atoms with Crippen molar-refractivity contribution in [2.24, 2.45) is 0 Å². The number of sulfonamides is 1. The molecule has 1 aliphatic rings. The van der Waals surface area contributed by atoms with Crippen LogP contribution < -0.4 is 10.9 Å². The Bertz CT molecular complexity index is 1400. The average Bonchev–Trinajstić information content (AvgIpc) is 3.47. The fourth-order valence-electron chi connectivity index (χ4n) is 4.16. The van der Waals surface area contributed by atoms with E-state index in [2.05, 4.69) is 21.2 Å². The Morgan fingerprint density at radius 3 is 2.82 bits per heavy atom. The zero-order valence-corrected chi connectivity index (χ0v) is 20.4. The van der Waals surface area contributed by atoms with Gasteiger partial charge in [-0.1, -0.05) is 12.8 Å². The highest BCUT2D eigenvalue weighted by Gasteiger charge is 2.29. The third-order valence-corrected chi connectivity index (χ3v) is 7.57. The number of hydrogen-bond donors (Lipinski definition) is 3. The summed E-state index contributed by atoms with van der Waals surface area (Å²) in [6.45, 7) is 3.17. The van der Waals surface area contributed by atoms with E-state index in [0.717, 1.165) is 19.4 Å². The molecule has 0 bridgehead atoms. The van der Waals surface area contributed by atoms with Crippen LogP contribution in [0.4, 0.5) is 0 Å². The smallest absolute Gasteiger partial charge is 0.340 e. The molecule has 0 saturated carbocycles. The lowest BCUT2D eigenvalue weighted by Gasteiger charge is -2.23. The fourth-order valence-corrected chi connectivity index (χ4v) is 5.58. The molecule has 1 aromatic carbocycles. The second-order valence-electron chi connectivity index (χ2n) is 8.04. The highest BCUT2D eigenvalue weighted by atomic mass is 35.5. The van der Waals surface area contributed by atoms with Gasteiger partial charge in [0, 0.05) is 35.1 Å². The molecule has 0 spiro atoms. The van der Waals surface area contributed by atoms with Crippen LogP contribution in [-0.4, -0.2) is 60.9 Å². The van der Waals surface area contributed by atoms with Crippen LogP contribution in [0.5, 0.6) is 0 Å². The molecule has 0 radical (unpaired) electrons. The van der Waals surface area contributed by atoms with Crippen LogP contribution in [0.25, 0.3) is 21.8 Å². The fraction of sp³-hybridized carbons (Fsp3) is 0.391. The van der Waals surface area contributed by atoms with Crippen LogP contribution >= 0.6 is 12.4 Å². The number of fused-ring (bicyclic) bond motifs is 3. The van der Waals surface area contributed by atoms with Crippen molar-refractivity contribution < 1.29 is 17.9 Å². The van der Waals surface area contributed by atoms with E-state index in [-0.39, 0.29) is 54.1 Å². The van der Waals surface area contributed by atoms with Crippen molar-refractivity contribution >= 4 is 50.2 Å². The SMILES string of the molecule is C#CCN(C[C@@H]1CCCN1)S(=O)(=O)c1ccc2[nH]c(=O)c3[nH]cc(C(=O)OCCC)c3c2c1.Cl. The minimum atomic E-state index is -3.92. The number of aromatic amines is 2. The molecule has 3 N–H and O–H groups in total. The second-order valence-corrected chi connectivity index (χ2v) is 9.98. The molecule has 1 fully saturated rings. The quantitative estimate of drug-likeness (QED) is 0.318. The lowest BCUT2D eigenvalue weighted by Crippen LogP contribution is -2.41. The Labute approximate surface area is 203 Å². The first kappa shape index (κ1) is 25.8. The summed E-state index contributed by atoms with van der Waals surface area (Å²) in [5.74, 6) is 1.86. The number of rotatable bonds is 8. The second kappa shape index (κ2) is 10.6. The van der Waals surface area contributed by atoms with Gasteiger partial charge in [-0.2, -0.15) is 4.31 Å². The maximum absolute atomic E-state index is 13.5. The molecule has 1 aliphatic heterocycles. The molecule has 2 aromatic heterocycles. The summed E-state index contributed by atoms with van der Waals surface area (Å²) in [6.07, 6.45) is 9.39. The number of aromatic nitrogens is 2. The molecule has 3 heterocycles. The maximum Gasteiger partial charge on any atom is 0.340 e. The van der Waals surface area contributed by atoms with Gasteiger partial charge < -0.3 is 20.0 Å². The number of halogens is 1. The van der Waals surface area contributed by atoms with E-state index in [1.807, 2.05) is 6.92 Å². The van der Waals surface area contributed by atoms with E-state index in [0.29, 0.717) is 22.7 Å². The number of esters is 1. The number of terminal acetylenes is 1. The molecule has 11 heteroatoms. The summed E-state index contributed by atoms with van der Waals surface area (Å²) in [7, 11) is -3.92. The van der Waals surface area contributed by atoms with E-state index < -0.39 is 21.6 Å². The number of pyridine rings is 1. The molecule has 0 aliphatic carbocycles. The summed E-state index contributed by atoms with van der Waals surface area (Å²) in [5, 5.41) is 4.04. The van der Waals surface area contributed by atoms with Crippen molar-refractivity contribution in [2.45, 2.75) is 37.1 Å². The van der Waals surface area contributed by atoms with Gasteiger partial charge in [0.1, 0.15) is 5.52 Å². The molecule has 4 rings (SSSR count). The highest BCUT2D eigenvalue weighted by Crippen LogP contribution is 2.29. The van der Waals surface area contributed by atoms with Gasteiger partial charge in [-0.25, -0.2) is 13.2 Å². The lowest BCUT2D eigenvalue weighted by atomic mass is 10.1. The minimum absolute atomic E-state index is 0. The van der Waals surface area contributed by atoms with Crippen molar-refractivity contribution in [1.82, 2.24) is 19.6 Å². The van der Waals surface area contributed by atoms with Crippen LogP contribution in [0.2, 0.25) is 0 Å². The number of hydrogen-bond acceptors (Lipinski definition) is 6. The predicted molar refractivity (Wildman–Crippen MR) is 133 cm³/mol. The Morgan fingerprint density at radius 1 is 1.35 bits per heavy atom. The zero-order chi connectivity index (χ0) is 23.6. The predicted octanol–water partition coefficient (Wildman–Crippen LogP) is 2.37. The van der Waals surface area contributed by atoms with Gasteiger partial charge in [-0.05, 0) is 44.0 Å². The normalized spacial score (nSPS) is 16.0. The Hall–Kier alpha value is -2.84. The van der Waals surface area contributed by atoms with Gasteiger partial charge >= 0.3 is 5.97 Å². The summed E-state index contributed by atoms with van der Waals surface area (Å²) in [5.41, 5.74) is 0.358. The standard InChI is InChI=1S/C23H26N4O5S.ClH/c1-3-10-27(14-15-6-5-9-24-15)33(30,31)16-7-8-19-17(12-16)20-18(23(29)32-11-4-2)13-25-21(20)22(28)26-19;/h1,7-8,12-13,15,24-25H,4-6,9-11,14H2,2H3,(H,26,28);1H/t15-;/m0./s1. The first-order valence-electron chi connectivity index (χ1n) is 10.9. The van der Waals surface area contributed by atoms with E-state index in [1.54, 1.807) is 0 Å². The minimum Gasteiger partial charge on any atom is -0.462 e. The maximum atomic E-state index is 13.5. The van der Waals surface area contributed by atoms with Crippen molar-refractivity contribution in [3.05, 3.63) is 40.3 Å². The number of H-pyrrole nitrogens is 2. The van der Waals surface area contributed by atoms with Crippen molar-refractivity contribution in [3.63, 3.8) is 0 Å². The molecule has 34 heavy (non-hydrogen) atoms. The van der Waals surface area contributed by atoms with Gasteiger partial charge in [0.05, 0.1) is 23.6 Å². The number of carbonyl (C=O) groups is 1. The van der Waals surface area contributed by atoms with Crippen molar-refractivity contribution in [1.29, 1.82) is 0 Å². The zero-order valence-electron chi connectivity index (χ0n) is 18.7. The topological polar surface area (TPSA) is 124 Å². The summed E-state index contributed by atoms with van der Waals surface area (Å²) < 4.78 is 33.5. The van der Waals surface area contributed by atoms with Gasteiger partial charge in [0.15, 0.2) is 0 Å². The molecule has 9 nitrogen and oxygen atoms in total. The largest absolute Gasteiger partial charge is 0.462 e. The monoisotopic (exact) mass is 506 g/mol. The van der Waals surface area contributed by atoms with Crippen LogP contribution in [0.3, 0.4) is 0 Å². The number of benzene rings is 1. The summed E-state index contributed by atoms with van der Waals surface area (Å²) in [4.78, 5) is 30.7. The summed E-state index contributed by atoms with van der Waals surface area (Å²) >= 11 is 0. The van der Waals surface area contributed by atoms with Crippen molar-refractivity contribution in [3.8, 4) is 12.3 Å². The molecule has 3 aromatic rings. The van der Waals surface area contributed by atoms with E-state index >= 15 is 0 Å². The van der Waals surface area contributed by atoms with Crippen molar-refractivity contribution in [2.75, 3.05) is 26.2 Å². The highest BCUT2D eigenvalue weighted by molar-refractivity contribution is 7.89. The van der Waals surface area contributed by atoms with Gasteiger partial charge in [-0.15, -0.1) is 18.8 Å². The van der Waals surface area contributed by atoms with Gasteiger partial charge in [-0.3, -0.25) is 4.79 Å². The van der Waals surface area contributed by atoms with Gasteiger partial charge in [0.25, 0.3) is 5.56 Å². The van der Waals surface area contributed by atoms with E-state index in [1.165, 1.54) is 28.7 Å². The van der Waals surface area contributed by atoms with Crippen LogP contribution in [0.1, 0.15) is 36.5 Å². The molecule has 1 saturated heterocycles. The molecule has 182 valence electrons. The number of carbonyl (C=O) groups excluding carboxylic acids is 1. The number of nitrogens with zero attached hydrogens (tertiary/aromatic N) is 1. The Balaban J connectivity index is 0.00000324. The first-order chi connectivity index (χ1) is 15.9.